The van der Waals surface area contributed by atoms with Crippen LogP contribution in [-0.2, 0) is 13.5 Å². The zero-order chi connectivity index (χ0) is 11.1. The number of nitrogens with zero attached hydrogens (tertiary/aromatic N) is 3. The Balaban J connectivity index is 2.13. The van der Waals surface area contributed by atoms with E-state index in [1.165, 1.54) is 11.5 Å². The molecule has 0 spiro atoms. The summed E-state index contributed by atoms with van der Waals surface area (Å²) < 4.78 is 1.83. The standard InChI is InChI=1S/C10H20N4S/c1-4-15-7-9(2)11-6-5-10-12-8-13-14(10)3/h8-9,11H,4-7H2,1-3H3/t9-/m1/s1. The molecule has 0 radical (unpaired) electrons. The highest BCUT2D eigenvalue weighted by Crippen LogP contribution is 2.01. The molecule has 1 atom stereocenters. The monoisotopic (exact) mass is 228 g/mol. The summed E-state index contributed by atoms with van der Waals surface area (Å²) in [5.41, 5.74) is 0. The van der Waals surface area contributed by atoms with Gasteiger partial charge in [0, 0.05) is 31.8 Å². The van der Waals surface area contributed by atoms with Crippen molar-refractivity contribution >= 4 is 11.8 Å². The molecule has 1 aromatic rings. The molecule has 0 saturated carbocycles. The Hall–Kier alpha value is -0.550. The van der Waals surface area contributed by atoms with Crippen molar-refractivity contribution in [3.8, 4) is 0 Å². The number of thioether (sulfide) groups is 1. The van der Waals surface area contributed by atoms with Crippen LogP contribution in [0.1, 0.15) is 19.7 Å². The minimum Gasteiger partial charge on any atom is -0.313 e. The van der Waals surface area contributed by atoms with Crippen LogP contribution in [0.4, 0.5) is 0 Å². The average molecular weight is 228 g/mol. The van der Waals surface area contributed by atoms with Gasteiger partial charge < -0.3 is 5.32 Å². The summed E-state index contributed by atoms with van der Waals surface area (Å²) in [4.78, 5) is 4.18. The zero-order valence-corrected chi connectivity index (χ0v) is 10.5. The summed E-state index contributed by atoms with van der Waals surface area (Å²) >= 11 is 1.97. The number of hydrogen-bond acceptors (Lipinski definition) is 4. The van der Waals surface area contributed by atoms with Gasteiger partial charge in [0.25, 0.3) is 0 Å². The van der Waals surface area contributed by atoms with Crippen LogP contribution in [0.15, 0.2) is 6.33 Å². The fourth-order valence-corrected chi connectivity index (χ4v) is 2.04. The molecule has 5 heteroatoms. The highest BCUT2D eigenvalue weighted by atomic mass is 32.2. The van der Waals surface area contributed by atoms with Crippen LogP contribution in [0.2, 0.25) is 0 Å². The van der Waals surface area contributed by atoms with Gasteiger partial charge in [-0.2, -0.15) is 16.9 Å². The maximum absolute atomic E-state index is 4.18. The summed E-state index contributed by atoms with van der Waals surface area (Å²) in [6, 6.07) is 0.572. The number of nitrogens with one attached hydrogen (secondary N) is 1. The molecule has 1 heterocycles. The highest BCUT2D eigenvalue weighted by Gasteiger charge is 2.03. The van der Waals surface area contributed by atoms with Gasteiger partial charge in [-0.05, 0) is 12.7 Å². The van der Waals surface area contributed by atoms with Gasteiger partial charge in [-0.15, -0.1) is 0 Å². The number of hydrogen-bond donors (Lipinski definition) is 1. The van der Waals surface area contributed by atoms with Crippen LogP contribution < -0.4 is 5.32 Å². The maximum atomic E-state index is 4.18. The summed E-state index contributed by atoms with van der Waals surface area (Å²) in [5, 5.41) is 7.52. The lowest BCUT2D eigenvalue weighted by atomic mass is 10.3. The first-order chi connectivity index (χ1) is 7.24. The normalized spacial score (nSPS) is 13.0. The van der Waals surface area contributed by atoms with Crippen molar-refractivity contribution in [3.63, 3.8) is 0 Å². The maximum Gasteiger partial charge on any atom is 0.138 e. The molecule has 86 valence electrons. The van der Waals surface area contributed by atoms with Gasteiger partial charge in [-0.3, -0.25) is 4.68 Å². The highest BCUT2D eigenvalue weighted by molar-refractivity contribution is 7.99. The van der Waals surface area contributed by atoms with E-state index in [0.29, 0.717) is 6.04 Å². The summed E-state index contributed by atoms with van der Waals surface area (Å²) in [7, 11) is 1.93. The SMILES string of the molecule is CCSC[C@@H](C)NCCc1ncnn1C. The molecule has 4 nitrogen and oxygen atoms in total. The second kappa shape index (κ2) is 6.85. The van der Waals surface area contributed by atoms with Crippen LogP contribution in [0.5, 0.6) is 0 Å². The Morgan fingerprint density at radius 3 is 3.00 bits per heavy atom. The van der Waals surface area contributed by atoms with E-state index in [1.807, 2.05) is 23.5 Å². The van der Waals surface area contributed by atoms with E-state index in [2.05, 4.69) is 29.2 Å². The summed E-state index contributed by atoms with van der Waals surface area (Å²) in [6.45, 7) is 5.38. The molecule has 0 saturated heterocycles. The van der Waals surface area contributed by atoms with Crippen molar-refractivity contribution in [2.75, 3.05) is 18.1 Å². The first kappa shape index (κ1) is 12.5. The van der Waals surface area contributed by atoms with E-state index in [9.17, 15) is 0 Å². The van der Waals surface area contributed by atoms with E-state index < -0.39 is 0 Å². The van der Waals surface area contributed by atoms with E-state index in [0.717, 1.165) is 18.8 Å². The molecule has 1 rings (SSSR count). The molecule has 0 bridgehead atoms. The van der Waals surface area contributed by atoms with E-state index in [-0.39, 0.29) is 0 Å². The third kappa shape index (κ3) is 4.66. The van der Waals surface area contributed by atoms with Gasteiger partial charge in [0.1, 0.15) is 12.2 Å². The quantitative estimate of drug-likeness (QED) is 0.758. The Bertz CT molecular complexity index is 274. The molecular formula is C10H20N4S. The van der Waals surface area contributed by atoms with Crippen LogP contribution in [0.3, 0.4) is 0 Å². The lowest BCUT2D eigenvalue weighted by Gasteiger charge is -2.12. The molecule has 15 heavy (non-hydrogen) atoms. The lowest BCUT2D eigenvalue weighted by Crippen LogP contribution is -2.30. The predicted molar refractivity (Wildman–Crippen MR) is 65.2 cm³/mol. The van der Waals surface area contributed by atoms with Crippen LogP contribution in [0, 0.1) is 0 Å². The van der Waals surface area contributed by atoms with Gasteiger partial charge in [-0.1, -0.05) is 6.92 Å². The minimum absolute atomic E-state index is 0.572. The van der Waals surface area contributed by atoms with Crippen molar-refractivity contribution in [2.45, 2.75) is 26.3 Å². The predicted octanol–water partition coefficient (Wildman–Crippen LogP) is 1.09. The Labute approximate surface area is 95.9 Å². The van der Waals surface area contributed by atoms with Crippen LogP contribution in [-0.4, -0.2) is 38.9 Å². The summed E-state index contributed by atoms with van der Waals surface area (Å²) in [6.07, 6.45) is 2.54. The molecule has 0 fully saturated rings. The van der Waals surface area contributed by atoms with Crippen molar-refractivity contribution in [1.29, 1.82) is 0 Å². The van der Waals surface area contributed by atoms with Crippen molar-refractivity contribution in [2.24, 2.45) is 7.05 Å². The number of rotatable bonds is 7. The smallest absolute Gasteiger partial charge is 0.138 e. The molecule has 0 aliphatic rings. The number of aryl methyl sites for hydroxylation is 1. The van der Waals surface area contributed by atoms with Crippen LogP contribution >= 0.6 is 11.8 Å². The fourth-order valence-electron chi connectivity index (χ4n) is 1.33. The molecule has 1 aromatic heterocycles. The molecule has 0 aliphatic carbocycles. The second-order valence-corrected chi connectivity index (χ2v) is 4.88. The molecule has 0 aliphatic heterocycles. The summed E-state index contributed by atoms with van der Waals surface area (Å²) in [5.74, 6) is 3.41. The molecular weight excluding hydrogens is 208 g/mol. The molecule has 0 unspecified atom stereocenters. The first-order valence-corrected chi connectivity index (χ1v) is 6.53. The average Bonchev–Trinajstić information content (AvgIpc) is 2.61. The van der Waals surface area contributed by atoms with Crippen molar-refractivity contribution in [1.82, 2.24) is 20.1 Å². The van der Waals surface area contributed by atoms with Gasteiger partial charge in [0.05, 0.1) is 0 Å². The third-order valence-corrected chi connectivity index (χ3v) is 3.36. The van der Waals surface area contributed by atoms with Crippen molar-refractivity contribution < 1.29 is 0 Å². The third-order valence-electron chi connectivity index (χ3n) is 2.22. The lowest BCUT2D eigenvalue weighted by molar-refractivity contribution is 0.576. The first-order valence-electron chi connectivity index (χ1n) is 5.38. The topological polar surface area (TPSA) is 42.7 Å². The minimum atomic E-state index is 0.572. The number of aromatic nitrogens is 3. The van der Waals surface area contributed by atoms with Gasteiger partial charge in [0.15, 0.2) is 0 Å². The van der Waals surface area contributed by atoms with Crippen molar-refractivity contribution in [3.05, 3.63) is 12.2 Å². The Morgan fingerprint density at radius 1 is 1.60 bits per heavy atom. The molecule has 0 amide bonds. The van der Waals surface area contributed by atoms with E-state index in [4.69, 9.17) is 0 Å². The van der Waals surface area contributed by atoms with Crippen LogP contribution in [0.25, 0.3) is 0 Å². The van der Waals surface area contributed by atoms with Gasteiger partial charge in [0.2, 0.25) is 0 Å². The van der Waals surface area contributed by atoms with E-state index >= 15 is 0 Å². The molecule has 0 aromatic carbocycles. The molecule has 1 N–H and O–H groups in total. The second-order valence-electron chi connectivity index (χ2n) is 3.56. The zero-order valence-electron chi connectivity index (χ0n) is 9.73. The Morgan fingerprint density at radius 2 is 2.40 bits per heavy atom. The van der Waals surface area contributed by atoms with Gasteiger partial charge in [-0.25, -0.2) is 4.98 Å². The Kier molecular flexibility index (Phi) is 5.71. The fraction of sp³-hybridized carbons (Fsp3) is 0.800. The van der Waals surface area contributed by atoms with Gasteiger partial charge >= 0.3 is 0 Å². The largest absolute Gasteiger partial charge is 0.313 e. The van der Waals surface area contributed by atoms with E-state index in [1.54, 1.807) is 6.33 Å².